The van der Waals surface area contributed by atoms with Crippen molar-refractivity contribution in [2.75, 3.05) is 7.11 Å². The fraction of sp³-hybridized carbons (Fsp3) is 0.286. The third-order valence-electron chi connectivity index (χ3n) is 4.46. The molecule has 0 aliphatic carbocycles. The molecule has 3 aromatic rings. The van der Waals surface area contributed by atoms with Crippen LogP contribution in [0.4, 0.5) is 4.39 Å². The fourth-order valence-corrected chi connectivity index (χ4v) is 3.06. The first-order chi connectivity index (χ1) is 11.7. The number of aryl methyl sites for hydroxylation is 1. The maximum Gasteiger partial charge on any atom is 0.193 e. The molecule has 0 radical (unpaired) electrons. The van der Waals surface area contributed by atoms with E-state index in [1.165, 1.54) is 24.8 Å². The number of H-pyrrole nitrogens is 1. The molecule has 3 nitrogen and oxygen atoms in total. The first-order valence-corrected chi connectivity index (χ1v) is 8.23. The lowest BCUT2D eigenvalue weighted by molar-refractivity contribution is 0.416. The van der Waals surface area contributed by atoms with Gasteiger partial charge in [-0.1, -0.05) is 39.0 Å². The minimum absolute atomic E-state index is 0.0522. The average Bonchev–Trinajstić information content (AvgIpc) is 2.52. The Kier molecular flexibility index (Phi) is 4.15. The molecule has 0 spiro atoms. The normalized spacial score (nSPS) is 11.8. The zero-order valence-electron chi connectivity index (χ0n) is 15.2. The van der Waals surface area contributed by atoms with Gasteiger partial charge < -0.3 is 9.72 Å². The van der Waals surface area contributed by atoms with Crippen molar-refractivity contribution in [3.05, 3.63) is 63.6 Å². The molecule has 0 aliphatic heterocycles. The summed E-state index contributed by atoms with van der Waals surface area (Å²) in [5.41, 5.74) is 4.17. The van der Waals surface area contributed by atoms with Crippen LogP contribution in [0.15, 0.2) is 41.2 Å². The fourth-order valence-electron chi connectivity index (χ4n) is 3.06. The van der Waals surface area contributed by atoms with Crippen LogP contribution >= 0.6 is 0 Å². The van der Waals surface area contributed by atoms with Gasteiger partial charge >= 0.3 is 0 Å². The van der Waals surface area contributed by atoms with Crippen LogP contribution in [0.2, 0.25) is 0 Å². The van der Waals surface area contributed by atoms with Gasteiger partial charge in [0.05, 0.1) is 18.0 Å². The Morgan fingerprint density at radius 3 is 2.40 bits per heavy atom. The van der Waals surface area contributed by atoms with Crippen LogP contribution in [0.3, 0.4) is 0 Å². The van der Waals surface area contributed by atoms with Crippen molar-refractivity contribution in [2.24, 2.45) is 0 Å². The number of benzene rings is 2. The van der Waals surface area contributed by atoms with Crippen molar-refractivity contribution in [3.63, 3.8) is 0 Å². The lowest BCUT2D eigenvalue weighted by atomic mass is 9.85. The highest BCUT2D eigenvalue weighted by molar-refractivity contribution is 5.87. The molecule has 0 amide bonds. The van der Waals surface area contributed by atoms with Gasteiger partial charge in [0.1, 0.15) is 11.6 Å². The molecule has 4 heteroatoms. The van der Waals surface area contributed by atoms with Crippen LogP contribution in [0.5, 0.6) is 5.75 Å². The van der Waals surface area contributed by atoms with Crippen molar-refractivity contribution < 1.29 is 9.13 Å². The molecule has 0 aliphatic rings. The number of hydrogen-bond acceptors (Lipinski definition) is 2. The van der Waals surface area contributed by atoms with E-state index in [9.17, 15) is 9.18 Å². The summed E-state index contributed by atoms with van der Waals surface area (Å²) < 4.78 is 19.0. The maximum absolute atomic E-state index is 13.8. The van der Waals surface area contributed by atoms with Crippen LogP contribution in [0.1, 0.15) is 31.9 Å². The molecule has 130 valence electrons. The summed E-state index contributed by atoms with van der Waals surface area (Å²) in [7, 11) is 1.43. The lowest BCUT2D eigenvalue weighted by Crippen LogP contribution is -2.11. The lowest BCUT2D eigenvalue weighted by Gasteiger charge is -2.20. The third-order valence-corrected chi connectivity index (χ3v) is 4.46. The van der Waals surface area contributed by atoms with Crippen LogP contribution in [0.25, 0.3) is 22.2 Å². The van der Waals surface area contributed by atoms with Crippen LogP contribution in [-0.4, -0.2) is 12.1 Å². The topological polar surface area (TPSA) is 42.1 Å². The van der Waals surface area contributed by atoms with Gasteiger partial charge in [-0.25, -0.2) is 4.39 Å². The number of methoxy groups -OCH3 is 1. The predicted octanol–water partition coefficient (Wildman–Crippen LogP) is 4.95. The molecule has 2 aromatic carbocycles. The number of nitrogens with one attached hydrogen (secondary N) is 1. The highest BCUT2D eigenvalue weighted by Gasteiger charge is 2.16. The Balaban J connectivity index is 2.22. The second kappa shape index (κ2) is 6.03. The molecule has 3 rings (SSSR count). The van der Waals surface area contributed by atoms with Crippen LogP contribution in [-0.2, 0) is 5.41 Å². The predicted molar refractivity (Wildman–Crippen MR) is 100.0 cm³/mol. The number of pyridine rings is 1. The summed E-state index contributed by atoms with van der Waals surface area (Å²) in [6.45, 7) is 8.50. The first-order valence-electron chi connectivity index (χ1n) is 8.23. The highest BCUT2D eigenvalue weighted by atomic mass is 19.1. The zero-order chi connectivity index (χ0) is 18.4. The van der Waals surface area contributed by atoms with Gasteiger partial charge in [0.15, 0.2) is 5.43 Å². The molecular formula is C21H22FNO2. The van der Waals surface area contributed by atoms with Crippen molar-refractivity contribution >= 4 is 10.9 Å². The number of rotatable bonds is 2. The number of fused-ring (bicyclic) bond motifs is 1. The van der Waals surface area contributed by atoms with Crippen LogP contribution in [0, 0.1) is 12.7 Å². The maximum atomic E-state index is 13.8. The molecular weight excluding hydrogens is 317 g/mol. The summed E-state index contributed by atoms with van der Waals surface area (Å²) in [6, 6.07) is 10.3. The van der Waals surface area contributed by atoms with E-state index in [4.69, 9.17) is 4.74 Å². The molecule has 0 bridgehead atoms. The summed E-state index contributed by atoms with van der Waals surface area (Å²) in [4.78, 5) is 15.8. The number of aromatic nitrogens is 1. The Morgan fingerprint density at radius 2 is 1.80 bits per heavy atom. The summed E-state index contributed by atoms with van der Waals surface area (Å²) in [5, 5.41) is 0.358. The number of hydrogen-bond donors (Lipinski definition) is 1. The van der Waals surface area contributed by atoms with E-state index in [-0.39, 0.29) is 16.6 Å². The second-order valence-corrected chi connectivity index (χ2v) is 7.36. The number of ether oxygens (including phenoxy) is 1. The molecule has 1 heterocycles. The van der Waals surface area contributed by atoms with E-state index in [0.717, 1.165) is 11.1 Å². The number of aromatic amines is 1. The monoisotopic (exact) mass is 339 g/mol. The van der Waals surface area contributed by atoms with Gasteiger partial charge in [0.25, 0.3) is 0 Å². The summed E-state index contributed by atoms with van der Waals surface area (Å²) in [5.74, 6) is -0.209. The summed E-state index contributed by atoms with van der Waals surface area (Å²) in [6.07, 6.45) is 0. The van der Waals surface area contributed by atoms with Gasteiger partial charge in [0.2, 0.25) is 0 Å². The van der Waals surface area contributed by atoms with E-state index < -0.39 is 5.82 Å². The van der Waals surface area contributed by atoms with Gasteiger partial charge in [-0.3, -0.25) is 4.79 Å². The average molecular weight is 339 g/mol. The van der Waals surface area contributed by atoms with Gasteiger partial charge in [-0.05, 0) is 29.5 Å². The Morgan fingerprint density at radius 1 is 1.08 bits per heavy atom. The van der Waals surface area contributed by atoms with Crippen molar-refractivity contribution in [2.45, 2.75) is 33.1 Å². The Bertz CT molecular complexity index is 1010. The van der Waals surface area contributed by atoms with Gasteiger partial charge in [0, 0.05) is 23.4 Å². The molecule has 1 aromatic heterocycles. The molecule has 25 heavy (non-hydrogen) atoms. The summed E-state index contributed by atoms with van der Waals surface area (Å²) >= 11 is 0. The molecule has 0 saturated heterocycles. The quantitative estimate of drug-likeness (QED) is 0.718. The van der Waals surface area contributed by atoms with Gasteiger partial charge in [-0.2, -0.15) is 0 Å². The van der Waals surface area contributed by atoms with Crippen LogP contribution < -0.4 is 10.2 Å². The minimum atomic E-state index is -0.447. The van der Waals surface area contributed by atoms with Crippen molar-refractivity contribution in [1.82, 2.24) is 4.98 Å². The second-order valence-electron chi connectivity index (χ2n) is 7.36. The zero-order valence-corrected chi connectivity index (χ0v) is 15.2. The molecule has 0 saturated carbocycles. The number of halogens is 1. The molecule has 0 unspecified atom stereocenters. The van der Waals surface area contributed by atoms with E-state index in [2.05, 4.69) is 37.9 Å². The Hall–Kier alpha value is -2.62. The molecule has 1 N–H and O–H groups in total. The SMILES string of the molecule is COc1cc(F)cc2[nH]c(-c3ccc(C(C)(C)C)cc3C)cc(=O)c12. The standard InChI is InChI=1S/C21H22FNO2/c1-12-8-13(21(2,3)4)6-7-15(12)16-11-18(24)20-17(23-16)9-14(22)10-19(20)25-5/h6-11H,1-5H3,(H,23,24). The minimum Gasteiger partial charge on any atom is -0.496 e. The van der Waals surface area contributed by atoms with Crippen molar-refractivity contribution in [3.8, 4) is 17.0 Å². The van der Waals surface area contributed by atoms with E-state index >= 15 is 0 Å². The van der Waals surface area contributed by atoms with E-state index in [0.29, 0.717) is 16.6 Å². The third kappa shape index (κ3) is 3.16. The van der Waals surface area contributed by atoms with Crippen molar-refractivity contribution in [1.29, 1.82) is 0 Å². The Labute approximate surface area is 146 Å². The highest BCUT2D eigenvalue weighted by Crippen LogP contribution is 2.30. The molecule has 0 fully saturated rings. The smallest absolute Gasteiger partial charge is 0.193 e. The van der Waals surface area contributed by atoms with E-state index in [1.54, 1.807) is 6.07 Å². The first kappa shape index (κ1) is 17.2. The largest absolute Gasteiger partial charge is 0.496 e. The van der Waals surface area contributed by atoms with Gasteiger partial charge in [-0.15, -0.1) is 0 Å². The van der Waals surface area contributed by atoms with E-state index in [1.807, 2.05) is 13.0 Å². The molecule has 0 atom stereocenters.